The molecule has 1 heterocycles. The zero-order chi connectivity index (χ0) is 11.5. The zero-order valence-electron chi connectivity index (χ0n) is 8.53. The third-order valence-corrected chi connectivity index (χ3v) is 3.55. The number of aryl methyl sites for hydroxylation is 1. The Morgan fingerprint density at radius 1 is 1.31 bits per heavy atom. The van der Waals surface area contributed by atoms with Crippen molar-refractivity contribution in [1.29, 1.82) is 5.26 Å². The van der Waals surface area contributed by atoms with Gasteiger partial charge in [0.1, 0.15) is 11.8 Å². The number of nitriles is 1. The highest BCUT2D eigenvalue weighted by atomic mass is 35.5. The van der Waals surface area contributed by atoms with Crippen molar-refractivity contribution >= 4 is 23.4 Å². The first kappa shape index (κ1) is 11.1. The maximum atomic E-state index is 9.00. The number of hydrogen-bond donors (Lipinski definition) is 0. The average Bonchev–Trinajstić information content (AvgIpc) is 2.67. The molecule has 0 bridgehead atoms. The minimum Gasteiger partial charge on any atom is -0.468 e. The summed E-state index contributed by atoms with van der Waals surface area (Å²) in [5, 5.41) is 9.57. The fourth-order valence-corrected chi connectivity index (χ4v) is 2.35. The number of rotatable bonds is 2. The summed E-state index contributed by atoms with van der Waals surface area (Å²) in [6.45, 7) is 1.89. The molecule has 0 fully saturated rings. The predicted molar refractivity (Wildman–Crippen MR) is 63.7 cm³/mol. The molecule has 0 unspecified atom stereocenters. The van der Waals surface area contributed by atoms with E-state index in [1.165, 1.54) is 11.8 Å². The fraction of sp³-hybridized carbons (Fsp3) is 0.0833. The van der Waals surface area contributed by atoms with Crippen LogP contribution in [0.15, 0.2) is 44.7 Å². The normalized spacial score (nSPS) is 10.1. The van der Waals surface area contributed by atoms with Gasteiger partial charge < -0.3 is 4.42 Å². The van der Waals surface area contributed by atoms with Crippen LogP contribution < -0.4 is 0 Å². The monoisotopic (exact) mass is 249 g/mol. The Morgan fingerprint density at radius 3 is 2.75 bits per heavy atom. The van der Waals surface area contributed by atoms with Gasteiger partial charge in [0, 0.05) is 9.92 Å². The van der Waals surface area contributed by atoms with E-state index in [0.29, 0.717) is 10.6 Å². The van der Waals surface area contributed by atoms with Crippen LogP contribution in [0.2, 0.25) is 5.02 Å². The highest BCUT2D eigenvalue weighted by Crippen LogP contribution is 2.33. The van der Waals surface area contributed by atoms with Crippen LogP contribution in [0.25, 0.3) is 0 Å². The predicted octanol–water partition coefficient (Wildman–Crippen LogP) is 4.26. The second-order valence-corrected chi connectivity index (χ2v) is 4.72. The van der Waals surface area contributed by atoms with Gasteiger partial charge in [-0.2, -0.15) is 5.26 Å². The van der Waals surface area contributed by atoms with Crippen molar-refractivity contribution in [1.82, 2.24) is 0 Å². The lowest BCUT2D eigenvalue weighted by Crippen LogP contribution is -1.81. The van der Waals surface area contributed by atoms with E-state index in [2.05, 4.69) is 6.07 Å². The van der Waals surface area contributed by atoms with Crippen molar-refractivity contribution in [2.45, 2.75) is 16.7 Å². The molecule has 0 aliphatic carbocycles. The van der Waals surface area contributed by atoms with Crippen LogP contribution in [0.5, 0.6) is 0 Å². The molecule has 0 atom stereocenters. The van der Waals surface area contributed by atoms with Gasteiger partial charge in [-0.15, -0.1) is 0 Å². The van der Waals surface area contributed by atoms with Gasteiger partial charge in [-0.1, -0.05) is 23.4 Å². The van der Waals surface area contributed by atoms with E-state index in [4.69, 9.17) is 21.3 Å². The van der Waals surface area contributed by atoms with Crippen molar-refractivity contribution in [2.24, 2.45) is 0 Å². The third kappa shape index (κ3) is 2.24. The first-order valence-corrected chi connectivity index (χ1v) is 5.82. The van der Waals surface area contributed by atoms with Gasteiger partial charge in [-0.05, 0) is 31.2 Å². The van der Waals surface area contributed by atoms with Crippen molar-refractivity contribution < 1.29 is 4.42 Å². The molecule has 0 aliphatic rings. The van der Waals surface area contributed by atoms with E-state index in [9.17, 15) is 0 Å². The lowest BCUT2D eigenvalue weighted by molar-refractivity contribution is 0.527. The second kappa shape index (κ2) is 4.65. The fourth-order valence-electron chi connectivity index (χ4n) is 1.28. The Balaban J connectivity index is 2.36. The Morgan fingerprint density at radius 2 is 2.12 bits per heavy atom. The number of hydrogen-bond acceptors (Lipinski definition) is 3. The van der Waals surface area contributed by atoms with Gasteiger partial charge >= 0.3 is 0 Å². The molecule has 0 radical (unpaired) electrons. The average molecular weight is 250 g/mol. The van der Waals surface area contributed by atoms with E-state index < -0.39 is 0 Å². The molecule has 0 spiro atoms. The van der Waals surface area contributed by atoms with Crippen molar-refractivity contribution in [3.05, 3.63) is 46.9 Å². The van der Waals surface area contributed by atoms with Gasteiger partial charge in [-0.3, -0.25) is 0 Å². The summed E-state index contributed by atoms with van der Waals surface area (Å²) in [5.74, 6) is 0.851. The molecule has 2 rings (SSSR count). The molecule has 1 aromatic carbocycles. The number of furan rings is 1. The van der Waals surface area contributed by atoms with E-state index >= 15 is 0 Å². The minimum absolute atomic E-state index is 0.574. The summed E-state index contributed by atoms with van der Waals surface area (Å²) in [4.78, 5) is 1.90. The molecule has 1 aromatic heterocycles. The minimum atomic E-state index is 0.574. The summed E-state index contributed by atoms with van der Waals surface area (Å²) in [5.41, 5.74) is 0.582. The SMILES string of the molecule is Cc1occc1Sc1ccc(Cl)cc1C#N. The maximum Gasteiger partial charge on any atom is 0.114 e. The molecule has 0 aliphatic heterocycles. The molecule has 0 amide bonds. The van der Waals surface area contributed by atoms with Gasteiger partial charge in [0.05, 0.1) is 16.7 Å². The molecule has 4 heteroatoms. The van der Waals surface area contributed by atoms with E-state index in [-0.39, 0.29) is 0 Å². The van der Waals surface area contributed by atoms with Gasteiger partial charge in [0.2, 0.25) is 0 Å². The van der Waals surface area contributed by atoms with Crippen molar-refractivity contribution in [3.63, 3.8) is 0 Å². The Kier molecular flexibility index (Phi) is 3.23. The molecule has 2 nitrogen and oxygen atoms in total. The van der Waals surface area contributed by atoms with Gasteiger partial charge in [0.15, 0.2) is 0 Å². The van der Waals surface area contributed by atoms with Crippen molar-refractivity contribution in [2.75, 3.05) is 0 Å². The van der Waals surface area contributed by atoms with Gasteiger partial charge in [-0.25, -0.2) is 0 Å². The standard InChI is InChI=1S/C12H8ClNOS/c1-8-11(4-5-15-8)16-12-3-2-10(13)6-9(12)7-14/h2-6H,1H3. The summed E-state index contributed by atoms with van der Waals surface area (Å²) in [6.07, 6.45) is 1.64. The Labute approximate surface area is 103 Å². The van der Waals surface area contributed by atoms with E-state index in [0.717, 1.165) is 15.6 Å². The van der Waals surface area contributed by atoms with Gasteiger partial charge in [0.25, 0.3) is 0 Å². The summed E-state index contributed by atoms with van der Waals surface area (Å²) in [7, 11) is 0. The molecule has 16 heavy (non-hydrogen) atoms. The van der Waals surface area contributed by atoms with Crippen molar-refractivity contribution in [3.8, 4) is 6.07 Å². The topological polar surface area (TPSA) is 36.9 Å². The number of benzene rings is 1. The molecule has 0 saturated carbocycles. The molecular formula is C12H8ClNOS. The molecule has 0 saturated heterocycles. The molecule has 2 aromatic rings. The quantitative estimate of drug-likeness (QED) is 0.798. The van der Waals surface area contributed by atoms with Crippen LogP contribution in [-0.2, 0) is 0 Å². The lowest BCUT2D eigenvalue weighted by Gasteiger charge is -2.02. The third-order valence-electron chi connectivity index (χ3n) is 2.09. The summed E-state index contributed by atoms with van der Waals surface area (Å²) < 4.78 is 5.20. The molecular weight excluding hydrogens is 242 g/mol. The summed E-state index contributed by atoms with van der Waals surface area (Å²) >= 11 is 7.34. The van der Waals surface area contributed by atoms with Crippen LogP contribution in [0, 0.1) is 18.3 Å². The second-order valence-electron chi connectivity index (χ2n) is 3.20. The number of halogens is 1. The Bertz CT molecular complexity index is 556. The lowest BCUT2D eigenvalue weighted by atomic mass is 10.2. The first-order chi connectivity index (χ1) is 7.70. The molecule has 80 valence electrons. The van der Waals surface area contributed by atoms with Crippen LogP contribution in [0.3, 0.4) is 0 Å². The van der Waals surface area contributed by atoms with Crippen LogP contribution in [0.4, 0.5) is 0 Å². The van der Waals surface area contributed by atoms with Crippen LogP contribution >= 0.6 is 23.4 Å². The number of nitrogens with zero attached hydrogens (tertiary/aromatic N) is 1. The van der Waals surface area contributed by atoms with Crippen LogP contribution in [-0.4, -0.2) is 0 Å². The summed E-state index contributed by atoms with van der Waals surface area (Å²) in [6, 6.07) is 9.31. The van der Waals surface area contributed by atoms with E-state index in [1.54, 1.807) is 18.4 Å². The van der Waals surface area contributed by atoms with Crippen LogP contribution in [0.1, 0.15) is 11.3 Å². The zero-order valence-corrected chi connectivity index (χ0v) is 10.1. The largest absolute Gasteiger partial charge is 0.468 e. The highest BCUT2D eigenvalue weighted by molar-refractivity contribution is 7.99. The Hall–Kier alpha value is -1.37. The maximum absolute atomic E-state index is 9.00. The first-order valence-electron chi connectivity index (χ1n) is 4.62. The van der Waals surface area contributed by atoms with E-state index in [1.807, 2.05) is 19.1 Å². The smallest absolute Gasteiger partial charge is 0.114 e. The molecule has 0 N–H and O–H groups in total. The highest BCUT2D eigenvalue weighted by Gasteiger charge is 2.08.